The molecule has 4 nitrogen and oxygen atoms in total. The van der Waals surface area contributed by atoms with Crippen molar-refractivity contribution < 1.29 is 13.2 Å². The highest BCUT2D eigenvalue weighted by molar-refractivity contribution is 7.98. The van der Waals surface area contributed by atoms with E-state index >= 15 is 0 Å². The molecule has 22 heavy (non-hydrogen) atoms. The Morgan fingerprint density at radius 3 is 2.27 bits per heavy atom. The fourth-order valence-corrected chi connectivity index (χ4v) is 4.07. The number of sulfonamides is 1. The van der Waals surface area contributed by atoms with E-state index in [1.165, 1.54) is 11.4 Å². The van der Waals surface area contributed by atoms with Crippen molar-refractivity contribution >= 4 is 27.5 Å². The summed E-state index contributed by atoms with van der Waals surface area (Å²) in [5, 5.41) is 0. The molecule has 0 atom stereocenters. The highest BCUT2D eigenvalue weighted by atomic mass is 32.2. The van der Waals surface area contributed by atoms with Crippen LogP contribution in [0.3, 0.4) is 0 Å². The summed E-state index contributed by atoms with van der Waals surface area (Å²) < 4.78 is 32.4. The Labute approximate surface area is 136 Å². The van der Waals surface area contributed by atoms with E-state index in [-0.39, 0.29) is 4.90 Å². The second-order valence-electron chi connectivity index (χ2n) is 4.52. The van der Waals surface area contributed by atoms with Crippen molar-refractivity contribution in [2.24, 2.45) is 0 Å². The molecule has 118 valence electrons. The lowest BCUT2D eigenvalue weighted by Gasteiger charge is -2.24. The number of para-hydroxylation sites is 2. The number of benzene rings is 2. The Kier molecular flexibility index (Phi) is 5.37. The van der Waals surface area contributed by atoms with E-state index in [0.717, 1.165) is 4.90 Å². The molecule has 2 aromatic rings. The molecule has 0 aliphatic heterocycles. The third kappa shape index (κ3) is 3.23. The third-order valence-electron chi connectivity index (χ3n) is 3.29. The second kappa shape index (κ2) is 7.07. The molecule has 0 spiro atoms. The Morgan fingerprint density at radius 1 is 1.09 bits per heavy atom. The first kappa shape index (κ1) is 16.7. The standard InChI is InChI=1S/C16H19NO3S2/c1-4-17(15-7-5-6-8-16(15)20-2)22(18,19)14-11-9-13(21-3)10-12-14/h5-12H,4H2,1-3H3. The molecule has 0 aliphatic carbocycles. The van der Waals surface area contributed by atoms with Gasteiger partial charge in [0, 0.05) is 11.4 Å². The van der Waals surface area contributed by atoms with Gasteiger partial charge in [-0.15, -0.1) is 11.8 Å². The molecule has 0 unspecified atom stereocenters. The maximum atomic E-state index is 12.9. The van der Waals surface area contributed by atoms with Crippen molar-refractivity contribution in [3.63, 3.8) is 0 Å². The number of nitrogens with zero attached hydrogens (tertiary/aromatic N) is 1. The van der Waals surface area contributed by atoms with Crippen molar-refractivity contribution in [2.75, 3.05) is 24.2 Å². The summed E-state index contributed by atoms with van der Waals surface area (Å²) in [6.45, 7) is 2.13. The van der Waals surface area contributed by atoms with Gasteiger partial charge < -0.3 is 4.74 Å². The molecule has 0 amide bonds. The molecule has 0 bridgehead atoms. The quantitative estimate of drug-likeness (QED) is 0.755. The summed E-state index contributed by atoms with van der Waals surface area (Å²) in [6, 6.07) is 14.0. The number of anilines is 1. The second-order valence-corrected chi connectivity index (χ2v) is 7.26. The Hall–Kier alpha value is -1.66. The lowest BCUT2D eigenvalue weighted by Crippen LogP contribution is -2.31. The summed E-state index contributed by atoms with van der Waals surface area (Å²) in [7, 11) is -2.08. The molecule has 0 N–H and O–H groups in total. The van der Waals surface area contributed by atoms with Gasteiger partial charge in [-0.1, -0.05) is 12.1 Å². The van der Waals surface area contributed by atoms with Gasteiger partial charge in [-0.05, 0) is 49.6 Å². The molecule has 0 saturated carbocycles. The Balaban J connectivity index is 2.48. The van der Waals surface area contributed by atoms with Crippen molar-refractivity contribution in [2.45, 2.75) is 16.7 Å². The van der Waals surface area contributed by atoms with E-state index in [2.05, 4.69) is 0 Å². The van der Waals surface area contributed by atoms with Crippen molar-refractivity contribution in [3.8, 4) is 5.75 Å². The molecule has 0 aromatic heterocycles. The van der Waals surface area contributed by atoms with Crippen LogP contribution in [0.2, 0.25) is 0 Å². The van der Waals surface area contributed by atoms with Crippen molar-refractivity contribution in [1.82, 2.24) is 0 Å². The first-order valence-corrected chi connectivity index (χ1v) is 9.51. The van der Waals surface area contributed by atoms with E-state index in [0.29, 0.717) is 18.0 Å². The van der Waals surface area contributed by atoms with E-state index in [9.17, 15) is 8.42 Å². The van der Waals surface area contributed by atoms with Crippen molar-refractivity contribution in [1.29, 1.82) is 0 Å². The van der Waals surface area contributed by atoms with E-state index < -0.39 is 10.0 Å². The topological polar surface area (TPSA) is 46.6 Å². The van der Waals surface area contributed by atoms with Crippen LogP contribution in [0.5, 0.6) is 5.75 Å². The molecule has 0 saturated heterocycles. The first-order chi connectivity index (χ1) is 10.5. The number of hydrogen-bond donors (Lipinski definition) is 0. The van der Waals surface area contributed by atoms with Crippen LogP contribution in [0, 0.1) is 0 Å². The van der Waals surface area contributed by atoms with Crippen LogP contribution in [0.25, 0.3) is 0 Å². The van der Waals surface area contributed by atoms with Crippen LogP contribution >= 0.6 is 11.8 Å². The number of thioether (sulfide) groups is 1. The fraction of sp³-hybridized carbons (Fsp3) is 0.250. The summed E-state index contributed by atoms with van der Waals surface area (Å²) in [6.07, 6.45) is 1.96. The van der Waals surface area contributed by atoms with Gasteiger partial charge in [0.05, 0.1) is 17.7 Å². The minimum Gasteiger partial charge on any atom is -0.495 e. The summed E-state index contributed by atoms with van der Waals surface area (Å²) in [5.74, 6) is 0.536. The van der Waals surface area contributed by atoms with Gasteiger partial charge in [-0.2, -0.15) is 0 Å². The summed E-state index contributed by atoms with van der Waals surface area (Å²) >= 11 is 1.58. The zero-order chi connectivity index (χ0) is 16.2. The van der Waals surface area contributed by atoms with E-state index in [4.69, 9.17) is 4.74 Å². The van der Waals surface area contributed by atoms with Gasteiger partial charge >= 0.3 is 0 Å². The number of ether oxygens (including phenoxy) is 1. The summed E-state index contributed by atoms with van der Waals surface area (Å²) in [4.78, 5) is 1.30. The number of methoxy groups -OCH3 is 1. The molecule has 0 radical (unpaired) electrons. The number of hydrogen-bond acceptors (Lipinski definition) is 4. The van der Waals surface area contributed by atoms with Gasteiger partial charge in [-0.25, -0.2) is 8.42 Å². The van der Waals surface area contributed by atoms with Gasteiger partial charge in [-0.3, -0.25) is 4.31 Å². The fourth-order valence-electron chi connectivity index (χ4n) is 2.18. The molecular formula is C16H19NO3S2. The lowest BCUT2D eigenvalue weighted by molar-refractivity contribution is 0.415. The predicted molar refractivity (Wildman–Crippen MR) is 91.4 cm³/mol. The van der Waals surface area contributed by atoms with E-state index in [1.54, 1.807) is 49.0 Å². The van der Waals surface area contributed by atoms with Crippen LogP contribution in [-0.4, -0.2) is 28.3 Å². The van der Waals surface area contributed by atoms with Crippen LogP contribution in [0.4, 0.5) is 5.69 Å². The predicted octanol–water partition coefficient (Wildman–Crippen LogP) is 3.63. The smallest absolute Gasteiger partial charge is 0.264 e. The molecule has 0 heterocycles. The van der Waals surface area contributed by atoms with Crippen LogP contribution in [-0.2, 0) is 10.0 Å². The van der Waals surface area contributed by atoms with Crippen molar-refractivity contribution in [3.05, 3.63) is 48.5 Å². The SMILES string of the molecule is CCN(c1ccccc1OC)S(=O)(=O)c1ccc(SC)cc1. The third-order valence-corrected chi connectivity index (χ3v) is 5.94. The largest absolute Gasteiger partial charge is 0.495 e. The Bertz CT molecular complexity index is 727. The molecule has 2 aromatic carbocycles. The van der Waals surface area contributed by atoms with Gasteiger partial charge in [0.25, 0.3) is 10.0 Å². The Morgan fingerprint density at radius 2 is 1.73 bits per heavy atom. The zero-order valence-corrected chi connectivity index (χ0v) is 14.4. The van der Waals surface area contributed by atoms with Crippen LogP contribution in [0.15, 0.2) is 58.3 Å². The highest BCUT2D eigenvalue weighted by Gasteiger charge is 2.25. The molecular weight excluding hydrogens is 318 g/mol. The first-order valence-electron chi connectivity index (χ1n) is 6.84. The maximum Gasteiger partial charge on any atom is 0.264 e. The molecule has 0 fully saturated rings. The summed E-state index contributed by atoms with van der Waals surface area (Å²) in [5.41, 5.74) is 0.543. The van der Waals surface area contributed by atoms with Gasteiger partial charge in [0.1, 0.15) is 5.75 Å². The zero-order valence-electron chi connectivity index (χ0n) is 12.8. The minimum atomic E-state index is -3.62. The number of rotatable bonds is 6. The molecule has 0 aliphatic rings. The maximum absolute atomic E-state index is 12.9. The average Bonchev–Trinajstić information content (AvgIpc) is 2.55. The highest BCUT2D eigenvalue weighted by Crippen LogP contribution is 2.32. The van der Waals surface area contributed by atoms with Gasteiger partial charge in [0.2, 0.25) is 0 Å². The monoisotopic (exact) mass is 337 g/mol. The van der Waals surface area contributed by atoms with Crippen LogP contribution in [0.1, 0.15) is 6.92 Å². The average molecular weight is 337 g/mol. The molecule has 6 heteroatoms. The lowest BCUT2D eigenvalue weighted by atomic mass is 10.3. The molecule has 2 rings (SSSR count). The van der Waals surface area contributed by atoms with Crippen LogP contribution < -0.4 is 9.04 Å². The minimum absolute atomic E-state index is 0.276. The van der Waals surface area contributed by atoms with E-state index in [1.807, 2.05) is 24.5 Å². The normalized spacial score (nSPS) is 11.2. The van der Waals surface area contributed by atoms with Gasteiger partial charge in [0.15, 0.2) is 0 Å².